The van der Waals surface area contributed by atoms with Crippen molar-refractivity contribution >= 4 is 12.1 Å². The number of halogens is 1. The van der Waals surface area contributed by atoms with Crippen molar-refractivity contribution in [2.45, 2.75) is 19.2 Å². The summed E-state index contributed by atoms with van der Waals surface area (Å²) >= 11 is 0. The van der Waals surface area contributed by atoms with Crippen LogP contribution in [0.15, 0.2) is 0 Å². The first-order valence-electron chi connectivity index (χ1n) is 2.72. The zero-order chi connectivity index (χ0) is 7.78. The molecule has 0 radical (unpaired) electrons. The van der Waals surface area contributed by atoms with Crippen LogP contribution in [-0.4, -0.2) is 18.0 Å². The quantitative estimate of drug-likeness (QED) is 0.406. The van der Waals surface area contributed by atoms with Gasteiger partial charge >= 0.3 is 18.0 Å². The smallest absolute Gasteiger partial charge is 0.385 e. The lowest BCUT2D eigenvalue weighted by Gasteiger charge is -2.07. The number of cyclic esters (lactones) is 3. The highest BCUT2D eigenvalue weighted by Crippen LogP contribution is 2.26. The highest BCUT2D eigenvalue weighted by molar-refractivity contribution is 5.92. The first-order valence-corrected chi connectivity index (χ1v) is 2.72. The summed E-state index contributed by atoms with van der Waals surface area (Å²) in [5, 5.41) is 0. The third-order valence-corrected chi connectivity index (χ3v) is 1.18. The minimum absolute atomic E-state index is 0.225. The lowest BCUT2D eigenvalue weighted by molar-refractivity contribution is -0.157. The van der Waals surface area contributed by atoms with Crippen LogP contribution in [0, 0.1) is 0 Å². The zero-order valence-corrected chi connectivity index (χ0v) is 5.22. The van der Waals surface area contributed by atoms with E-state index in [1.807, 2.05) is 0 Å². The van der Waals surface area contributed by atoms with E-state index in [4.69, 9.17) is 0 Å². The molecular weight excluding hydrogens is 143 g/mol. The van der Waals surface area contributed by atoms with Gasteiger partial charge in [0.25, 0.3) is 0 Å². The molecule has 0 spiro atoms. The summed E-state index contributed by atoms with van der Waals surface area (Å²) in [5.74, 6) is -3.81. The van der Waals surface area contributed by atoms with E-state index in [1.54, 1.807) is 0 Å². The molecule has 0 bridgehead atoms. The number of carbonyl (C=O) groups excluding carboxylic acids is 2. The Hall–Kier alpha value is -1.13. The molecule has 56 valence electrons. The summed E-state index contributed by atoms with van der Waals surface area (Å²) < 4.78 is 20.5. The second kappa shape index (κ2) is 1.93. The van der Waals surface area contributed by atoms with Crippen LogP contribution in [0.4, 0.5) is 9.18 Å². The minimum atomic E-state index is -2.54. The van der Waals surface area contributed by atoms with Crippen molar-refractivity contribution in [2.24, 2.45) is 0 Å². The topological polar surface area (TPSA) is 52.6 Å². The molecule has 1 unspecified atom stereocenters. The Morgan fingerprint density at radius 1 is 1.60 bits per heavy atom. The number of esters is 1. The molecule has 1 heterocycles. The Morgan fingerprint density at radius 2 is 2.20 bits per heavy atom. The molecule has 0 aromatic carbocycles. The van der Waals surface area contributed by atoms with Crippen LogP contribution in [0.2, 0.25) is 0 Å². The molecule has 0 amide bonds. The fourth-order valence-corrected chi connectivity index (χ4v) is 0.563. The van der Waals surface area contributed by atoms with E-state index in [9.17, 15) is 14.0 Å². The van der Waals surface area contributed by atoms with Gasteiger partial charge in [0.15, 0.2) is 0 Å². The van der Waals surface area contributed by atoms with Gasteiger partial charge in [-0.15, -0.1) is 0 Å². The Morgan fingerprint density at radius 3 is 2.40 bits per heavy atom. The highest BCUT2D eigenvalue weighted by atomic mass is 19.2. The van der Waals surface area contributed by atoms with E-state index < -0.39 is 18.0 Å². The predicted octanol–water partition coefficient (Wildman–Crippen LogP) is 0.756. The molecule has 0 aromatic heterocycles. The molecule has 1 rings (SSSR count). The van der Waals surface area contributed by atoms with Gasteiger partial charge in [-0.3, -0.25) is 0 Å². The number of alkyl halides is 1. The van der Waals surface area contributed by atoms with Crippen LogP contribution in [0.1, 0.15) is 13.3 Å². The van der Waals surface area contributed by atoms with Gasteiger partial charge in [-0.2, -0.15) is 4.39 Å². The average molecular weight is 148 g/mol. The molecule has 0 saturated carbocycles. The number of rotatable bonds is 1. The normalized spacial score (nSPS) is 31.8. The van der Waals surface area contributed by atoms with Gasteiger partial charge in [0, 0.05) is 6.42 Å². The lowest BCUT2D eigenvalue weighted by atomic mass is 10.2. The van der Waals surface area contributed by atoms with Crippen molar-refractivity contribution in [3.05, 3.63) is 0 Å². The third-order valence-electron chi connectivity index (χ3n) is 1.18. The summed E-state index contributed by atoms with van der Waals surface area (Å²) in [5.41, 5.74) is 0. The van der Waals surface area contributed by atoms with Crippen LogP contribution >= 0.6 is 0 Å². The Balaban J connectivity index is 2.80. The van der Waals surface area contributed by atoms with Crippen molar-refractivity contribution in [1.29, 1.82) is 0 Å². The van der Waals surface area contributed by atoms with E-state index in [0.717, 1.165) is 0 Å². The maximum Gasteiger partial charge on any atom is 0.519 e. The van der Waals surface area contributed by atoms with Crippen LogP contribution in [0.5, 0.6) is 0 Å². The Labute approximate surface area is 55.9 Å². The predicted molar refractivity (Wildman–Crippen MR) is 26.7 cm³/mol. The van der Waals surface area contributed by atoms with Gasteiger partial charge in [-0.1, -0.05) is 6.92 Å². The maximum atomic E-state index is 12.8. The van der Waals surface area contributed by atoms with E-state index in [2.05, 4.69) is 9.47 Å². The molecule has 4 nitrogen and oxygen atoms in total. The van der Waals surface area contributed by atoms with E-state index in [0.29, 0.717) is 0 Å². The molecule has 0 aliphatic carbocycles. The molecule has 0 aromatic rings. The molecule has 1 saturated heterocycles. The van der Waals surface area contributed by atoms with Gasteiger partial charge in [0.05, 0.1) is 0 Å². The maximum absolute atomic E-state index is 12.8. The number of hydrogen-bond donors (Lipinski definition) is 0. The van der Waals surface area contributed by atoms with Gasteiger partial charge < -0.3 is 9.47 Å². The lowest BCUT2D eigenvalue weighted by Crippen LogP contribution is -2.29. The molecule has 0 N–H and O–H groups in total. The van der Waals surface area contributed by atoms with Gasteiger partial charge in [0.2, 0.25) is 0 Å². The molecule has 1 aliphatic rings. The van der Waals surface area contributed by atoms with Crippen LogP contribution in [-0.2, 0) is 14.3 Å². The first-order chi connectivity index (χ1) is 4.58. The second-order valence-electron chi connectivity index (χ2n) is 1.82. The standard InChI is InChI=1S/C5H5FO4/c1-2-5(6)3(7)9-4(8)10-5/h2H2,1H3. The monoisotopic (exact) mass is 148 g/mol. The molecule has 10 heavy (non-hydrogen) atoms. The highest BCUT2D eigenvalue weighted by Gasteiger charge is 2.51. The van der Waals surface area contributed by atoms with Crippen LogP contribution in [0.25, 0.3) is 0 Å². The molecule has 1 fully saturated rings. The van der Waals surface area contributed by atoms with Crippen molar-refractivity contribution in [2.75, 3.05) is 0 Å². The zero-order valence-electron chi connectivity index (χ0n) is 5.22. The SMILES string of the molecule is CCC1(F)OC(=O)OC1=O. The fourth-order valence-electron chi connectivity index (χ4n) is 0.563. The summed E-state index contributed by atoms with van der Waals surface area (Å²) in [6.07, 6.45) is -1.49. The van der Waals surface area contributed by atoms with E-state index in [1.165, 1.54) is 6.92 Å². The Bertz CT molecular complexity index is 190. The minimum Gasteiger partial charge on any atom is -0.385 e. The summed E-state index contributed by atoms with van der Waals surface area (Å²) in [6.45, 7) is 1.37. The summed E-state index contributed by atoms with van der Waals surface area (Å²) in [7, 11) is 0. The Kier molecular flexibility index (Phi) is 1.35. The van der Waals surface area contributed by atoms with Crippen molar-refractivity contribution in [1.82, 2.24) is 0 Å². The summed E-state index contributed by atoms with van der Waals surface area (Å²) in [4.78, 5) is 20.5. The van der Waals surface area contributed by atoms with E-state index >= 15 is 0 Å². The number of hydrogen-bond acceptors (Lipinski definition) is 4. The number of carbonyl (C=O) groups is 2. The van der Waals surface area contributed by atoms with Crippen molar-refractivity contribution in [3.63, 3.8) is 0 Å². The van der Waals surface area contributed by atoms with Gasteiger partial charge in [-0.05, 0) is 0 Å². The van der Waals surface area contributed by atoms with Crippen LogP contribution < -0.4 is 0 Å². The number of ether oxygens (including phenoxy) is 2. The first kappa shape index (κ1) is 6.98. The molecule has 5 heteroatoms. The van der Waals surface area contributed by atoms with Gasteiger partial charge in [0.1, 0.15) is 0 Å². The largest absolute Gasteiger partial charge is 0.519 e. The second-order valence-corrected chi connectivity index (χ2v) is 1.82. The van der Waals surface area contributed by atoms with Crippen molar-refractivity contribution < 1.29 is 23.5 Å². The third kappa shape index (κ3) is 0.832. The fraction of sp³-hybridized carbons (Fsp3) is 0.600. The van der Waals surface area contributed by atoms with Gasteiger partial charge in [-0.25, -0.2) is 9.59 Å². The van der Waals surface area contributed by atoms with Crippen LogP contribution in [0.3, 0.4) is 0 Å². The van der Waals surface area contributed by atoms with Crippen molar-refractivity contribution in [3.8, 4) is 0 Å². The average Bonchev–Trinajstić information content (AvgIpc) is 2.09. The molecule has 1 atom stereocenters. The summed E-state index contributed by atoms with van der Waals surface area (Å²) in [6, 6.07) is 0. The molecular formula is C5H5FO4. The van der Waals surface area contributed by atoms with E-state index in [-0.39, 0.29) is 6.42 Å². The molecule has 1 aliphatic heterocycles.